The number of para-hydroxylation sites is 2. The quantitative estimate of drug-likeness (QED) is 0.499. The predicted molar refractivity (Wildman–Crippen MR) is 123 cm³/mol. The lowest BCUT2D eigenvalue weighted by atomic mass is 9.98. The van der Waals surface area contributed by atoms with Crippen LogP contribution in [-0.2, 0) is 25.1 Å². The van der Waals surface area contributed by atoms with Crippen molar-refractivity contribution in [2.24, 2.45) is 5.92 Å². The van der Waals surface area contributed by atoms with E-state index < -0.39 is 9.84 Å². The third-order valence-corrected chi connectivity index (χ3v) is 7.26. The van der Waals surface area contributed by atoms with Gasteiger partial charge < -0.3 is 9.64 Å². The number of rotatable bonds is 6. The molecule has 4 rings (SSSR count). The van der Waals surface area contributed by atoms with Crippen molar-refractivity contribution in [2.45, 2.75) is 30.5 Å². The molecule has 2 aromatic carbocycles. The van der Waals surface area contributed by atoms with E-state index in [0.717, 1.165) is 6.42 Å². The van der Waals surface area contributed by atoms with Crippen LogP contribution in [0, 0.1) is 5.92 Å². The molecule has 0 radical (unpaired) electrons. The molecule has 0 bridgehead atoms. The monoisotopic (exact) mass is 473 g/mol. The largest absolute Gasteiger partial charge is 0.466 e. The highest BCUT2D eigenvalue weighted by atomic mass is 35.5. The van der Waals surface area contributed by atoms with E-state index in [-0.39, 0.29) is 28.5 Å². The summed E-state index contributed by atoms with van der Waals surface area (Å²) in [7, 11) is -3.82. The molecule has 168 valence electrons. The first kappa shape index (κ1) is 22.5. The number of esters is 1. The van der Waals surface area contributed by atoms with Crippen LogP contribution in [-0.4, -0.2) is 44.1 Å². The Kier molecular flexibility index (Phi) is 6.62. The van der Waals surface area contributed by atoms with E-state index in [9.17, 15) is 13.2 Å². The molecule has 0 aliphatic carbocycles. The smallest absolute Gasteiger partial charge is 0.310 e. The highest BCUT2D eigenvalue weighted by Crippen LogP contribution is 2.31. The summed E-state index contributed by atoms with van der Waals surface area (Å²) < 4.78 is 32.1. The van der Waals surface area contributed by atoms with Crippen LogP contribution in [0.3, 0.4) is 0 Å². The fraction of sp³-hybridized carbons (Fsp3) is 0.348. The van der Waals surface area contributed by atoms with Crippen molar-refractivity contribution >= 4 is 44.3 Å². The number of aromatic nitrogens is 2. The summed E-state index contributed by atoms with van der Waals surface area (Å²) in [6.45, 7) is 3.02. The van der Waals surface area contributed by atoms with Crippen molar-refractivity contribution in [2.75, 3.05) is 24.6 Å². The summed E-state index contributed by atoms with van der Waals surface area (Å²) in [5, 5.41) is 0.464. The molecule has 7 nitrogen and oxygen atoms in total. The number of hydrogen-bond donors (Lipinski definition) is 0. The summed E-state index contributed by atoms with van der Waals surface area (Å²) in [5.74, 6) is -0.536. The molecule has 1 aliphatic rings. The average Bonchev–Trinajstić information content (AvgIpc) is 2.80. The Labute approximate surface area is 192 Å². The minimum atomic E-state index is -3.82. The van der Waals surface area contributed by atoms with Gasteiger partial charge in [-0.25, -0.2) is 18.4 Å². The third kappa shape index (κ3) is 4.86. The molecule has 1 aromatic heterocycles. The minimum Gasteiger partial charge on any atom is -0.466 e. The zero-order valence-corrected chi connectivity index (χ0v) is 19.3. The number of halogens is 1. The number of anilines is 1. The lowest BCUT2D eigenvalue weighted by Crippen LogP contribution is -2.40. The van der Waals surface area contributed by atoms with Gasteiger partial charge in [-0.15, -0.1) is 0 Å². The van der Waals surface area contributed by atoms with Crippen LogP contribution in [0.5, 0.6) is 0 Å². The zero-order valence-electron chi connectivity index (χ0n) is 17.7. The molecule has 0 saturated carbocycles. The Morgan fingerprint density at radius 3 is 2.50 bits per heavy atom. The summed E-state index contributed by atoms with van der Waals surface area (Å²) in [5.41, 5.74) is 1.72. The second-order valence-corrected chi connectivity index (χ2v) is 10.1. The standard InChI is InChI=1S/C23H24ClN3O4S/c1-2-31-23(28)17-6-5-13-27(14-17)21-22(26-20-8-4-3-7-19(20)25-21)32(29,30)15-16-9-11-18(24)12-10-16/h3-4,7-12,17H,2,5-6,13-15H2,1H3/t17-/m0/s1. The molecule has 0 unspecified atom stereocenters. The SMILES string of the molecule is CCOC(=O)[C@H]1CCCN(c2nc3ccccc3nc2S(=O)(=O)Cc2ccc(Cl)cc2)C1. The van der Waals surface area contributed by atoms with Gasteiger partial charge in [0.15, 0.2) is 10.8 Å². The maximum atomic E-state index is 13.5. The molecular formula is C23H24ClN3O4S. The minimum absolute atomic E-state index is 0.0735. The van der Waals surface area contributed by atoms with Gasteiger partial charge in [0.1, 0.15) is 0 Å². The molecule has 0 amide bonds. The van der Waals surface area contributed by atoms with Crippen LogP contribution in [0.2, 0.25) is 5.02 Å². The molecule has 1 aliphatic heterocycles. The van der Waals surface area contributed by atoms with Crippen LogP contribution < -0.4 is 4.90 Å². The van der Waals surface area contributed by atoms with Gasteiger partial charge in [0.2, 0.25) is 9.84 Å². The van der Waals surface area contributed by atoms with E-state index in [1.807, 2.05) is 11.0 Å². The van der Waals surface area contributed by atoms with Gasteiger partial charge in [-0.2, -0.15) is 0 Å². The van der Waals surface area contributed by atoms with Crippen molar-refractivity contribution in [1.29, 1.82) is 0 Å². The predicted octanol–water partition coefficient (Wildman–Crippen LogP) is 4.04. The van der Waals surface area contributed by atoms with E-state index in [1.165, 1.54) is 0 Å². The summed E-state index contributed by atoms with van der Waals surface area (Å²) >= 11 is 5.94. The first-order valence-corrected chi connectivity index (χ1v) is 12.6. The van der Waals surface area contributed by atoms with E-state index in [2.05, 4.69) is 9.97 Å². The van der Waals surface area contributed by atoms with E-state index in [4.69, 9.17) is 16.3 Å². The molecule has 32 heavy (non-hydrogen) atoms. The van der Waals surface area contributed by atoms with Gasteiger partial charge in [0, 0.05) is 18.1 Å². The number of nitrogens with zero attached hydrogens (tertiary/aromatic N) is 3. The van der Waals surface area contributed by atoms with E-state index >= 15 is 0 Å². The lowest BCUT2D eigenvalue weighted by Gasteiger charge is -2.33. The Balaban J connectivity index is 1.75. The fourth-order valence-electron chi connectivity index (χ4n) is 3.88. The number of hydrogen-bond acceptors (Lipinski definition) is 7. The summed E-state index contributed by atoms with van der Waals surface area (Å²) in [4.78, 5) is 23.3. The lowest BCUT2D eigenvalue weighted by molar-refractivity contribution is -0.148. The number of sulfone groups is 1. The van der Waals surface area contributed by atoms with Crippen molar-refractivity contribution < 1.29 is 17.9 Å². The van der Waals surface area contributed by atoms with Gasteiger partial charge in [0.25, 0.3) is 0 Å². The van der Waals surface area contributed by atoms with Gasteiger partial charge in [-0.05, 0) is 49.6 Å². The Bertz CT molecular complexity index is 1230. The highest BCUT2D eigenvalue weighted by Gasteiger charge is 2.32. The molecule has 3 aromatic rings. The number of ether oxygens (including phenoxy) is 1. The second-order valence-electron chi connectivity index (χ2n) is 7.76. The molecular weight excluding hydrogens is 450 g/mol. The third-order valence-electron chi connectivity index (χ3n) is 5.43. The number of benzene rings is 2. The van der Waals surface area contributed by atoms with Gasteiger partial charge in [-0.3, -0.25) is 4.79 Å². The molecule has 1 saturated heterocycles. The zero-order chi connectivity index (χ0) is 22.7. The number of fused-ring (bicyclic) bond motifs is 1. The van der Waals surface area contributed by atoms with E-state index in [1.54, 1.807) is 49.4 Å². The van der Waals surface area contributed by atoms with Crippen molar-refractivity contribution in [3.05, 3.63) is 59.1 Å². The van der Waals surface area contributed by atoms with Crippen LogP contribution in [0.25, 0.3) is 11.0 Å². The first-order valence-electron chi connectivity index (χ1n) is 10.5. The topological polar surface area (TPSA) is 89.5 Å². The molecule has 9 heteroatoms. The Morgan fingerprint density at radius 1 is 1.12 bits per heavy atom. The van der Waals surface area contributed by atoms with Crippen LogP contribution in [0.1, 0.15) is 25.3 Å². The van der Waals surface area contributed by atoms with Crippen molar-refractivity contribution in [1.82, 2.24) is 9.97 Å². The van der Waals surface area contributed by atoms with E-state index in [0.29, 0.717) is 47.7 Å². The van der Waals surface area contributed by atoms with Crippen molar-refractivity contribution in [3.8, 4) is 0 Å². The Morgan fingerprint density at radius 2 is 1.81 bits per heavy atom. The van der Waals surface area contributed by atoms with Crippen LogP contribution in [0.15, 0.2) is 53.6 Å². The second kappa shape index (κ2) is 9.42. The maximum absolute atomic E-state index is 13.5. The molecule has 0 N–H and O–H groups in total. The summed E-state index contributed by atoms with van der Waals surface area (Å²) in [6, 6.07) is 13.9. The molecule has 0 spiro atoms. The maximum Gasteiger partial charge on any atom is 0.310 e. The molecule has 1 atom stereocenters. The van der Waals surface area contributed by atoms with Gasteiger partial charge in [0.05, 0.1) is 29.3 Å². The number of carbonyl (C=O) groups excluding carboxylic acids is 1. The Hall–Kier alpha value is -2.71. The normalized spacial score (nSPS) is 16.8. The summed E-state index contributed by atoms with van der Waals surface area (Å²) in [6.07, 6.45) is 1.43. The highest BCUT2D eigenvalue weighted by molar-refractivity contribution is 7.90. The number of piperidine rings is 1. The molecule has 2 heterocycles. The van der Waals surface area contributed by atoms with Crippen LogP contribution in [0.4, 0.5) is 5.82 Å². The number of carbonyl (C=O) groups is 1. The van der Waals surface area contributed by atoms with Gasteiger partial charge >= 0.3 is 5.97 Å². The van der Waals surface area contributed by atoms with Crippen LogP contribution >= 0.6 is 11.6 Å². The average molecular weight is 474 g/mol. The van der Waals surface area contributed by atoms with Crippen molar-refractivity contribution in [3.63, 3.8) is 0 Å². The first-order chi connectivity index (χ1) is 15.4. The van der Waals surface area contributed by atoms with Gasteiger partial charge in [-0.1, -0.05) is 35.9 Å². The fourth-order valence-corrected chi connectivity index (χ4v) is 5.46. The molecule has 1 fully saturated rings.